The number of anilines is 1. The standard InChI is InChI=1S/C18H17N3O3S/c1-10-8-11(2)15-14(9-10)25-18(19-15)21-20-16(22)12-4-6-13(7-5-12)17(23)24-3/h4-9H,1-3H3,(H,19,21)(H,20,22). The number of esters is 1. The predicted molar refractivity (Wildman–Crippen MR) is 98.0 cm³/mol. The van der Waals surface area contributed by atoms with Crippen LogP contribution in [0.1, 0.15) is 31.8 Å². The molecule has 0 aliphatic rings. The van der Waals surface area contributed by atoms with E-state index in [-0.39, 0.29) is 5.91 Å². The van der Waals surface area contributed by atoms with Crippen LogP contribution in [0.2, 0.25) is 0 Å². The van der Waals surface area contributed by atoms with Gasteiger partial charge in [-0.25, -0.2) is 9.78 Å². The largest absolute Gasteiger partial charge is 0.465 e. The van der Waals surface area contributed by atoms with Crippen molar-refractivity contribution in [3.63, 3.8) is 0 Å². The molecule has 2 aromatic carbocycles. The summed E-state index contributed by atoms with van der Waals surface area (Å²) < 4.78 is 5.70. The average molecular weight is 355 g/mol. The molecule has 0 radical (unpaired) electrons. The van der Waals surface area contributed by atoms with Gasteiger partial charge in [-0.3, -0.25) is 15.6 Å². The maximum atomic E-state index is 12.2. The Labute approximate surface area is 148 Å². The average Bonchev–Trinajstić information content (AvgIpc) is 3.02. The summed E-state index contributed by atoms with van der Waals surface area (Å²) in [5.74, 6) is -0.756. The van der Waals surface area contributed by atoms with Gasteiger partial charge in [0.1, 0.15) is 0 Å². The molecule has 0 aliphatic heterocycles. The smallest absolute Gasteiger partial charge is 0.337 e. The number of amides is 1. The van der Waals surface area contributed by atoms with Gasteiger partial charge in [-0.1, -0.05) is 17.4 Å². The molecule has 1 heterocycles. The molecular weight excluding hydrogens is 338 g/mol. The lowest BCUT2D eigenvalue weighted by Gasteiger charge is -2.06. The monoisotopic (exact) mass is 355 g/mol. The number of hydrogen-bond donors (Lipinski definition) is 2. The van der Waals surface area contributed by atoms with Crippen LogP contribution in [0.15, 0.2) is 36.4 Å². The van der Waals surface area contributed by atoms with Gasteiger partial charge in [-0.15, -0.1) is 0 Å². The summed E-state index contributed by atoms with van der Waals surface area (Å²) in [6, 6.07) is 10.4. The SMILES string of the molecule is COC(=O)c1ccc(C(=O)NNc2nc3c(C)cc(C)cc3s2)cc1. The van der Waals surface area contributed by atoms with Crippen LogP contribution in [0.4, 0.5) is 5.13 Å². The van der Waals surface area contributed by atoms with E-state index in [2.05, 4.69) is 32.7 Å². The first-order valence-electron chi connectivity index (χ1n) is 7.60. The van der Waals surface area contributed by atoms with Crippen molar-refractivity contribution < 1.29 is 14.3 Å². The zero-order chi connectivity index (χ0) is 18.0. The summed E-state index contributed by atoms with van der Waals surface area (Å²) >= 11 is 1.47. The van der Waals surface area contributed by atoms with Gasteiger partial charge in [0.05, 0.1) is 22.9 Å². The van der Waals surface area contributed by atoms with E-state index in [1.807, 2.05) is 13.8 Å². The van der Waals surface area contributed by atoms with Crippen molar-refractivity contribution in [2.45, 2.75) is 13.8 Å². The number of nitrogens with one attached hydrogen (secondary N) is 2. The number of ether oxygens (including phenoxy) is 1. The highest BCUT2D eigenvalue weighted by atomic mass is 32.1. The molecule has 2 N–H and O–H groups in total. The number of nitrogens with zero attached hydrogens (tertiary/aromatic N) is 1. The summed E-state index contributed by atoms with van der Waals surface area (Å²) in [5.41, 5.74) is 9.48. The van der Waals surface area contributed by atoms with E-state index < -0.39 is 5.97 Å². The second-order valence-electron chi connectivity index (χ2n) is 5.60. The Morgan fingerprint density at radius 1 is 1.08 bits per heavy atom. The molecule has 0 unspecified atom stereocenters. The highest BCUT2D eigenvalue weighted by Gasteiger charge is 2.11. The van der Waals surface area contributed by atoms with Crippen LogP contribution in [0.5, 0.6) is 0 Å². The Morgan fingerprint density at radius 3 is 2.44 bits per heavy atom. The van der Waals surface area contributed by atoms with Crippen molar-refractivity contribution in [2.75, 3.05) is 12.5 Å². The number of rotatable bonds is 4. The van der Waals surface area contributed by atoms with E-state index in [4.69, 9.17) is 0 Å². The van der Waals surface area contributed by atoms with Crippen LogP contribution >= 0.6 is 11.3 Å². The molecule has 0 spiro atoms. The molecule has 0 bridgehead atoms. The lowest BCUT2D eigenvalue weighted by molar-refractivity contribution is 0.0600. The minimum atomic E-state index is -0.440. The third kappa shape index (κ3) is 3.61. The van der Waals surface area contributed by atoms with E-state index in [1.54, 1.807) is 24.3 Å². The molecule has 3 rings (SSSR count). The molecule has 6 nitrogen and oxygen atoms in total. The van der Waals surface area contributed by atoms with Crippen LogP contribution in [0.3, 0.4) is 0 Å². The van der Waals surface area contributed by atoms with E-state index >= 15 is 0 Å². The lowest BCUT2D eigenvalue weighted by atomic mass is 10.1. The maximum Gasteiger partial charge on any atom is 0.337 e. The number of thiazole rings is 1. The molecule has 0 fully saturated rings. The van der Waals surface area contributed by atoms with E-state index in [0.717, 1.165) is 15.8 Å². The number of carbonyl (C=O) groups excluding carboxylic acids is 2. The molecule has 0 saturated carbocycles. The fourth-order valence-electron chi connectivity index (χ4n) is 2.48. The van der Waals surface area contributed by atoms with E-state index in [9.17, 15) is 9.59 Å². The van der Waals surface area contributed by atoms with Crippen molar-refractivity contribution in [2.24, 2.45) is 0 Å². The third-order valence-corrected chi connectivity index (χ3v) is 4.60. The van der Waals surface area contributed by atoms with Crippen LogP contribution in [0.25, 0.3) is 10.2 Å². The fourth-order valence-corrected chi connectivity index (χ4v) is 3.48. The zero-order valence-corrected chi connectivity index (χ0v) is 14.9. The molecule has 1 aromatic heterocycles. The lowest BCUT2D eigenvalue weighted by Crippen LogP contribution is -2.29. The van der Waals surface area contributed by atoms with Gasteiger partial charge in [0.15, 0.2) is 0 Å². The van der Waals surface area contributed by atoms with Crippen LogP contribution < -0.4 is 10.9 Å². The van der Waals surface area contributed by atoms with Gasteiger partial charge in [-0.05, 0) is 55.3 Å². The zero-order valence-electron chi connectivity index (χ0n) is 14.0. The van der Waals surface area contributed by atoms with Crippen molar-refractivity contribution >= 4 is 38.6 Å². The second-order valence-corrected chi connectivity index (χ2v) is 6.63. The molecule has 3 aromatic rings. The molecule has 7 heteroatoms. The van der Waals surface area contributed by atoms with Crippen LogP contribution in [0, 0.1) is 13.8 Å². The van der Waals surface area contributed by atoms with Crippen LogP contribution in [-0.2, 0) is 4.74 Å². The summed E-state index contributed by atoms with van der Waals surface area (Å²) in [6.45, 7) is 4.05. The number of carbonyl (C=O) groups is 2. The van der Waals surface area contributed by atoms with Crippen LogP contribution in [-0.4, -0.2) is 24.0 Å². The van der Waals surface area contributed by atoms with Gasteiger partial charge >= 0.3 is 5.97 Å². The fraction of sp³-hybridized carbons (Fsp3) is 0.167. The number of hydrazine groups is 1. The number of aryl methyl sites for hydroxylation is 2. The third-order valence-electron chi connectivity index (χ3n) is 3.68. The first-order valence-corrected chi connectivity index (χ1v) is 8.42. The van der Waals surface area contributed by atoms with Gasteiger partial charge in [-0.2, -0.15) is 0 Å². The number of methoxy groups -OCH3 is 1. The highest BCUT2D eigenvalue weighted by Crippen LogP contribution is 2.28. The minimum Gasteiger partial charge on any atom is -0.465 e. The summed E-state index contributed by atoms with van der Waals surface area (Å²) in [7, 11) is 1.31. The van der Waals surface area contributed by atoms with Crippen molar-refractivity contribution in [3.05, 3.63) is 58.7 Å². The molecule has 1 amide bonds. The topological polar surface area (TPSA) is 80.3 Å². The van der Waals surface area contributed by atoms with Crippen molar-refractivity contribution in [1.82, 2.24) is 10.4 Å². The number of aromatic nitrogens is 1. The summed E-state index contributed by atoms with van der Waals surface area (Å²) in [5, 5.41) is 0.614. The Kier molecular flexibility index (Phi) is 4.67. The highest BCUT2D eigenvalue weighted by molar-refractivity contribution is 7.22. The number of fused-ring (bicyclic) bond motifs is 1. The normalized spacial score (nSPS) is 10.5. The Hall–Kier alpha value is -2.93. The summed E-state index contributed by atoms with van der Waals surface area (Å²) in [6.07, 6.45) is 0. The molecule has 0 saturated heterocycles. The minimum absolute atomic E-state index is 0.316. The van der Waals surface area contributed by atoms with E-state index in [1.165, 1.54) is 24.0 Å². The van der Waals surface area contributed by atoms with Gasteiger partial charge < -0.3 is 4.74 Å². The summed E-state index contributed by atoms with van der Waals surface area (Å²) in [4.78, 5) is 28.1. The first kappa shape index (κ1) is 16.9. The van der Waals surface area contributed by atoms with Gasteiger partial charge in [0.25, 0.3) is 5.91 Å². The van der Waals surface area contributed by atoms with Crippen molar-refractivity contribution in [3.8, 4) is 0 Å². The predicted octanol–water partition coefficient (Wildman–Crippen LogP) is 3.46. The molecule has 128 valence electrons. The molecule has 0 aliphatic carbocycles. The number of benzene rings is 2. The van der Waals surface area contributed by atoms with E-state index in [0.29, 0.717) is 16.3 Å². The second kappa shape index (κ2) is 6.90. The Balaban J connectivity index is 1.70. The van der Waals surface area contributed by atoms with Gasteiger partial charge in [0.2, 0.25) is 5.13 Å². The Morgan fingerprint density at radius 2 is 1.76 bits per heavy atom. The van der Waals surface area contributed by atoms with Gasteiger partial charge in [0, 0.05) is 5.56 Å². The van der Waals surface area contributed by atoms with Crippen molar-refractivity contribution in [1.29, 1.82) is 0 Å². The molecule has 0 atom stereocenters. The molecular formula is C18H17N3O3S. The quantitative estimate of drug-likeness (QED) is 0.553. The Bertz CT molecular complexity index is 948. The maximum absolute atomic E-state index is 12.2. The molecule has 25 heavy (non-hydrogen) atoms. The number of hydrogen-bond acceptors (Lipinski definition) is 6. The first-order chi connectivity index (χ1) is 12.0.